The van der Waals surface area contributed by atoms with Gasteiger partial charge < -0.3 is 4.74 Å². The maximum atomic E-state index is 11.8. The molecule has 1 amide bonds. The highest BCUT2D eigenvalue weighted by atomic mass is 16.6. The molecular formula is C22H30N2O4. The number of para-hydroxylation sites is 2. The van der Waals surface area contributed by atoms with Crippen molar-refractivity contribution in [3.05, 3.63) is 69.3 Å². The molecule has 1 rings (SSSR count). The lowest BCUT2D eigenvalue weighted by Crippen LogP contribution is -2.14. The molecule has 1 aromatic carbocycles. The predicted molar refractivity (Wildman–Crippen MR) is 113 cm³/mol. The molecule has 0 aliphatic heterocycles. The minimum Gasteiger partial charge on any atom is -0.445 e. The first-order valence-electron chi connectivity index (χ1n) is 9.41. The number of nitrogens with one attached hydrogen (secondary N) is 1. The van der Waals surface area contributed by atoms with E-state index < -0.39 is 11.0 Å². The molecule has 0 saturated carbocycles. The highest BCUT2D eigenvalue weighted by molar-refractivity contribution is 5.87. The summed E-state index contributed by atoms with van der Waals surface area (Å²) >= 11 is 0. The fraction of sp³-hybridized carbons (Fsp3) is 0.409. The van der Waals surface area contributed by atoms with Crippen LogP contribution in [0.15, 0.2) is 59.2 Å². The average molecular weight is 386 g/mol. The van der Waals surface area contributed by atoms with Crippen molar-refractivity contribution in [1.29, 1.82) is 0 Å². The second-order valence-electron chi connectivity index (χ2n) is 6.96. The van der Waals surface area contributed by atoms with E-state index in [1.54, 1.807) is 12.1 Å². The Bertz CT molecular complexity index is 760. The summed E-state index contributed by atoms with van der Waals surface area (Å²) in [6.07, 6.45) is 9.62. The third-order valence-corrected chi connectivity index (χ3v) is 4.11. The summed E-state index contributed by atoms with van der Waals surface area (Å²) in [5, 5.41) is 13.3. The maximum absolute atomic E-state index is 11.8. The quantitative estimate of drug-likeness (QED) is 0.280. The Morgan fingerprint density at radius 1 is 1.04 bits per heavy atom. The van der Waals surface area contributed by atoms with Crippen molar-refractivity contribution in [2.24, 2.45) is 0 Å². The fourth-order valence-corrected chi connectivity index (χ4v) is 2.48. The average Bonchev–Trinajstić information content (AvgIpc) is 2.61. The molecule has 0 spiro atoms. The number of anilines is 1. The SMILES string of the molecule is CC(C)=CCC/C(C)=C/CC/C(C)=C/COC(=O)Nc1ccccc1[N+](=O)[O-]. The molecule has 0 saturated heterocycles. The molecular weight excluding hydrogens is 356 g/mol. The molecule has 0 aliphatic rings. The molecule has 0 heterocycles. The molecule has 152 valence electrons. The van der Waals surface area contributed by atoms with Gasteiger partial charge in [0.1, 0.15) is 12.3 Å². The molecule has 0 radical (unpaired) electrons. The van der Waals surface area contributed by atoms with Gasteiger partial charge in [-0.3, -0.25) is 15.4 Å². The van der Waals surface area contributed by atoms with Gasteiger partial charge >= 0.3 is 6.09 Å². The zero-order valence-electron chi connectivity index (χ0n) is 17.2. The van der Waals surface area contributed by atoms with Crippen molar-refractivity contribution in [1.82, 2.24) is 0 Å². The monoisotopic (exact) mass is 386 g/mol. The van der Waals surface area contributed by atoms with Crippen molar-refractivity contribution in [3.8, 4) is 0 Å². The van der Waals surface area contributed by atoms with Crippen LogP contribution in [0.4, 0.5) is 16.2 Å². The fourth-order valence-electron chi connectivity index (χ4n) is 2.48. The highest BCUT2D eigenvalue weighted by Gasteiger charge is 2.14. The number of allylic oxidation sites excluding steroid dienone is 5. The van der Waals surface area contributed by atoms with E-state index in [1.165, 1.54) is 23.3 Å². The second-order valence-corrected chi connectivity index (χ2v) is 6.96. The summed E-state index contributed by atoms with van der Waals surface area (Å²) in [5.74, 6) is 0. The molecule has 1 N–H and O–H groups in total. The van der Waals surface area contributed by atoms with Crippen LogP contribution in [0.1, 0.15) is 53.4 Å². The molecule has 0 bridgehead atoms. The lowest BCUT2D eigenvalue weighted by Gasteiger charge is -2.06. The highest BCUT2D eigenvalue weighted by Crippen LogP contribution is 2.23. The van der Waals surface area contributed by atoms with Gasteiger partial charge in [0, 0.05) is 6.07 Å². The third kappa shape index (κ3) is 9.71. The number of nitro benzene ring substituents is 1. The number of rotatable bonds is 10. The van der Waals surface area contributed by atoms with Crippen LogP contribution in [0.5, 0.6) is 0 Å². The molecule has 0 aliphatic carbocycles. The van der Waals surface area contributed by atoms with Crippen LogP contribution in [0.25, 0.3) is 0 Å². The van der Waals surface area contributed by atoms with Gasteiger partial charge in [0.15, 0.2) is 0 Å². The second kappa shape index (κ2) is 12.5. The smallest absolute Gasteiger partial charge is 0.412 e. The number of hydrogen-bond donors (Lipinski definition) is 1. The standard InChI is InChI=1S/C22H30N2O4/c1-17(2)9-7-10-18(3)11-8-12-19(4)15-16-28-22(25)23-20-13-5-6-14-21(20)24(26)27/h5-6,9,11,13-15H,7-8,10,12,16H2,1-4H3,(H,23,25)/b18-11+,19-15+. The van der Waals surface area contributed by atoms with Gasteiger partial charge in [0.2, 0.25) is 0 Å². The first kappa shape index (κ1) is 23.1. The van der Waals surface area contributed by atoms with Crippen molar-refractivity contribution < 1.29 is 14.5 Å². The number of nitro groups is 1. The van der Waals surface area contributed by atoms with Gasteiger partial charge in [-0.25, -0.2) is 4.79 Å². The van der Waals surface area contributed by atoms with E-state index >= 15 is 0 Å². The number of carbonyl (C=O) groups excluding carboxylic acids is 1. The zero-order chi connectivity index (χ0) is 20.9. The first-order valence-corrected chi connectivity index (χ1v) is 9.41. The number of amides is 1. The van der Waals surface area contributed by atoms with Crippen LogP contribution < -0.4 is 5.32 Å². The van der Waals surface area contributed by atoms with E-state index in [1.807, 2.05) is 13.0 Å². The summed E-state index contributed by atoms with van der Waals surface area (Å²) in [6, 6.07) is 5.95. The molecule has 28 heavy (non-hydrogen) atoms. The van der Waals surface area contributed by atoms with Crippen molar-refractivity contribution in [2.45, 2.75) is 53.4 Å². The maximum Gasteiger partial charge on any atom is 0.412 e. The lowest BCUT2D eigenvalue weighted by molar-refractivity contribution is -0.383. The van der Waals surface area contributed by atoms with Gasteiger partial charge in [0.25, 0.3) is 5.69 Å². The molecule has 6 nitrogen and oxygen atoms in total. The van der Waals surface area contributed by atoms with Crippen LogP contribution in [-0.2, 0) is 4.74 Å². The summed E-state index contributed by atoms with van der Waals surface area (Å²) in [4.78, 5) is 22.2. The van der Waals surface area contributed by atoms with E-state index in [0.717, 1.165) is 31.3 Å². The Morgan fingerprint density at radius 2 is 1.64 bits per heavy atom. The predicted octanol–water partition coefficient (Wildman–Crippen LogP) is 6.56. The molecule has 0 unspecified atom stereocenters. The summed E-state index contributed by atoms with van der Waals surface area (Å²) in [5.41, 5.74) is 3.81. The van der Waals surface area contributed by atoms with E-state index in [4.69, 9.17) is 4.74 Å². The Morgan fingerprint density at radius 3 is 2.29 bits per heavy atom. The van der Waals surface area contributed by atoms with Crippen LogP contribution >= 0.6 is 0 Å². The number of nitrogens with zero attached hydrogens (tertiary/aromatic N) is 1. The number of hydrogen-bond acceptors (Lipinski definition) is 4. The topological polar surface area (TPSA) is 81.5 Å². The lowest BCUT2D eigenvalue weighted by atomic mass is 10.1. The largest absolute Gasteiger partial charge is 0.445 e. The molecule has 0 fully saturated rings. The van der Waals surface area contributed by atoms with E-state index in [-0.39, 0.29) is 18.0 Å². The summed E-state index contributed by atoms with van der Waals surface area (Å²) in [7, 11) is 0. The minimum atomic E-state index is -0.714. The van der Waals surface area contributed by atoms with Gasteiger partial charge in [-0.2, -0.15) is 0 Å². The van der Waals surface area contributed by atoms with Crippen molar-refractivity contribution >= 4 is 17.5 Å². The van der Waals surface area contributed by atoms with Crippen LogP contribution in [0, 0.1) is 10.1 Å². The van der Waals surface area contributed by atoms with E-state index in [2.05, 4.69) is 38.2 Å². The van der Waals surface area contributed by atoms with Crippen molar-refractivity contribution in [2.75, 3.05) is 11.9 Å². The third-order valence-electron chi connectivity index (χ3n) is 4.11. The molecule has 1 aromatic rings. The Labute approximate surface area is 167 Å². The number of benzene rings is 1. The Hall–Kier alpha value is -2.89. The van der Waals surface area contributed by atoms with E-state index in [0.29, 0.717) is 0 Å². The summed E-state index contributed by atoms with van der Waals surface area (Å²) in [6.45, 7) is 8.48. The van der Waals surface area contributed by atoms with Crippen LogP contribution in [0.2, 0.25) is 0 Å². The van der Waals surface area contributed by atoms with Gasteiger partial charge in [0.05, 0.1) is 4.92 Å². The molecule has 0 atom stereocenters. The summed E-state index contributed by atoms with van der Waals surface area (Å²) < 4.78 is 5.08. The molecule has 6 heteroatoms. The van der Waals surface area contributed by atoms with Crippen LogP contribution in [-0.4, -0.2) is 17.6 Å². The number of carbonyl (C=O) groups is 1. The van der Waals surface area contributed by atoms with Gasteiger partial charge in [-0.05, 0) is 65.5 Å². The minimum absolute atomic E-state index is 0.118. The van der Waals surface area contributed by atoms with Crippen LogP contribution in [0.3, 0.4) is 0 Å². The van der Waals surface area contributed by atoms with Crippen molar-refractivity contribution in [3.63, 3.8) is 0 Å². The van der Waals surface area contributed by atoms with E-state index in [9.17, 15) is 14.9 Å². The Balaban J connectivity index is 2.37. The normalized spacial score (nSPS) is 11.7. The van der Waals surface area contributed by atoms with Gasteiger partial charge in [-0.15, -0.1) is 0 Å². The number of ether oxygens (including phenoxy) is 1. The zero-order valence-corrected chi connectivity index (χ0v) is 17.2. The molecule has 0 aromatic heterocycles. The first-order chi connectivity index (χ1) is 13.3. The van der Waals surface area contributed by atoms with Gasteiger partial charge in [-0.1, -0.05) is 41.0 Å². The Kier molecular flexibility index (Phi) is 10.3.